The van der Waals surface area contributed by atoms with Gasteiger partial charge in [0.1, 0.15) is 0 Å². The smallest absolute Gasteiger partial charge is 0.202 e. The van der Waals surface area contributed by atoms with Gasteiger partial charge in [0, 0.05) is 42.3 Å². The number of nitrogens with zero attached hydrogens (tertiary/aromatic N) is 2. The van der Waals surface area contributed by atoms with E-state index in [1.165, 1.54) is 17.3 Å². The summed E-state index contributed by atoms with van der Waals surface area (Å²) in [6, 6.07) is 0. The average Bonchev–Trinajstić information content (AvgIpc) is 2.60. The maximum Gasteiger partial charge on any atom is 0.202 e. The molecule has 0 saturated carbocycles. The number of nitrogens with one attached hydrogen (secondary N) is 1. The largest absolute Gasteiger partial charge is 0.359 e. The van der Waals surface area contributed by atoms with Gasteiger partial charge in [0.25, 0.3) is 0 Å². The maximum absolute atomic E-state index is 4.43. The van der Waals surface area contributed by atoms with Crippen molar-refractivity contribution in [1.82, 2.24) is 9.55 Å². The van der Waals surface area contributed by atoms with Crippen LogP contribution in [0.3, 0.4) is 0 Å². The molecule has 84 valence electrons. The van der Waals surface area contributed by atoms with Crippen molar-refractivity contribution < 1.29 is 0 Å². The number of anilines is 1. The van der Waals surface area contributed by atoms with Crippen molar-refractivity contribution in [2.24, 2.45) is 0 Å². The van der Waals surface area contributed by atoms with E-state index >= 15 is 0 Å². The third-order valence-electron chi connectivity index (χ3n) is 2.41. The predicted molar refractivity (Wildman–Crippen MR) is 70.1 cm³/mol. The summed E-state index contributed by atoms with van der Waals surface area (Å²) in [7, 11) is 1.93. The fraction of sp³-hybridized carbons (Fsp3) is 0.700. The first-order valence-corrected chi connectivity index (χ1v) is 7.41. The van der Waals surface area contributed by atoms with Gasteiger partial charge in [-0.25, -0.2) is 4.98 Å². The molecule has 1 N–H and O–H groups in total. The number of rotatable bonds is 3. The molecule has 1 aliphatic rings. The molecule has 1 aromatic heterocycles. The summed E-state index contributed by atoms with van der Waals surface area (Å²) in [6.45, 7) is 3.12. The molecule has 1 aliphatic heterocycles. The lowest BCUT2D eigenvalue weighted by Gasteiger charge is -2.21. The standard InChI is InChI=1S/C10H17N3S2/c1-8-5-13(10(11-2)12-8)6-9-7-14-3-4-15-9/h5,9H,3-4,6-7H2,1-2H3,(H,11,12). The Bertz CT molecular complexity index is 318. The molecule has 2 rings (SSSR count). The summed E-state index contributed by atoms with van der Waals surface area (Å²) in [5.41, 5.74) is 1.09. The van der Waals surface area contributed by atoms with Crippen LogP contribution >= 0.6 is 23.5 Å². The molecular weight excluding hydrogens is 226 g/mol. The van der Waals surface area contributed by atoms with E-state index in [0.29, 0.717) is 0 Å². The lowest BCUT2D eigenvalue weighted by atomic mass is 10.4. The van der Waals surface area contributed by atoms with Gasteiger partial charge in [-0.2, -0.15) is 23.5 Å². The third-order valence-corrected chi connectivity index (χ3v) is 5.23. The van der Waals surface area contributed by atoms with Gasteiger partial charge in [-0.3, -0.25) is 0 Å². The Morgan fingerprint density at radius 1 is 1.60 bits per heavy atom. The number of thioether (sulfide) groups is 2. The monoisotopic (exact) mass is 243 g/mol. The van der Waals surface area contributed by atoms with E-state index in [1.54, 1.807) is 0 Å². The second-order valence-corrected chi connectivity index (χ2v) is 6.23. The van der Waals surface area contributed by atoms with Crippen molar-refractivity contribution in [2.75, 3.05) is 29.6 Å². The van der Waals surface area contributed by atoms with Crippen LogP contribution in [0.5, 0.6) is 0 Å². The average molecular weight is 243 g/mol. The Hall–Kier alpha value is -0.290. The van der Waals surface area contributed by atoms with Crippen molar-refractivity contribution in [3.63, 3.8) is 0 Å². The van der Waals surface area contributed by atoms with Gasteiger partial charge in [-0.1, -0.05) is 0 Å². The van der Waals surface area contributed by atoms with Gasteiger partial charge < -0.3 is 9.88 Å². The van der Waals surface area contributed by atoms with Crippen LogP contribution in [-0.4, -0.2) is 39.1 Å². The van der Waals surface area contributed by atoms with Gasteiger partial charge in [-0.15, -0.1) is 0 Å². The molecule has 1 saturated heterocycles. The number of imidazole rings is 1. The Morgan fingerprint density at radius 3 is 3.13 bits per heavy atom. The molecule has 0 spiro atoms. The molecule has 0 radical (unpaired) electrons. The SMILES string of the molecule is CNc1nc(C)cn1CC1CSCCS1. The lowest BCUT2D eigenvalue weighted by Crippen LogP contribution is -2.20. The molecule has 2 heterocycles. The molecular formula is C10H17N3S2. The summed E-state index contributed by atoms with van der Waals surface area (Å²) in [5.74, 6) is 4.86. The highest BCUT2D eigenvalue weighted by molar-refractivity contribution is 8.06. The number of aromatic nitrogens is 2. The molecule has 1 fully saturated rings. The van der Waals surface area contributed by atoms with Crippen LogP contribution in [0.2, 0.25) is 0 Å². The number of hydrogen-bond donors (Lipinski definition) is 1. The second-order valence-electron chi connectivity index (χ2n) is 3.68. The van der Waals surface area contributed by atoms with E-state index in [1.807, 2.05) is 14.0 Å². The van der Waals surface area contributed by atoms with E-state index < -0.39 is 0 Å². The van der Waals surface area contributed by atoms with Crippen molar-refractivity contribution in [3.8, 4) is 0 Å². The van der Waals surface area contributed by atoms with Crippen LogP contribution < -0.4 is 5.32 Å². The zero-order chi connectivity index (χ0) is 10.7. The minimum absolute atomic E-state index is 0.740. The van der Waals surface area contributed by atoms with Gasteiger partial charge in [0.05, 0.1) is 5.69 Å². The maximum atomic E-state index is 4.43. The molecule has 5 heteroatoms. The molecule has 1 aromatic rings. The minimum atomic E-state index is 0.740. The topological polar surface area (TPSA) is 29.9 Å². The van der Waals surface area contributed by atoms with E-state index in [4.69, 9.17) is 0 Å². The van der Waals surface area contributed by atoms with Gasteiger partial charge in [0.2, 0.25) is 5.95 Å². The fourth-order valence-corrected chi connectivity index (χ4v) is 4.41. The van der Waals surface area contributed by atoms with Crippen molar-refractivity contribution >= 4 is 29.5 Å². The summed E-state index contributed by atoms with van der Waals surface area (Å²) < 4.78 is 2.24. The van der Waals surface area contributed by atoms with Crippen LogP contribution in [0.15, 0.2) is 6.20 Å². The highest BCUT2D eigenvalue weighted by Crippen LogP contribution is 2.26. The zero-order valence-corrected chi connectivity index (χ0v) is 10.8. The first kappa shape index (κ1) is 11.2. The zero-order valence-electron chi connectivity index (χ0n) is 9.19. The second kappa shape index (κ2) is 5.16. The normalized spacial score (nSPS) is 21.6. The highest BCUT2D eigenvalue weighted by Gasteiger charge is 2.16. The third kappa shape index (κ3) is 2.84. The van der Waals surface area contributed by atoms with Crippen LogP contribution in [0.1, 0.15) is 5.69 Å². The van der Waals surface area contributed by atoms with E-state index in [-0.39, 0.29) is 0 Å². The molecule has 3 nitrogen and oxygen atoms in total. The molecule has 0 aliphatic carbocycles. The first-order chi connectivity index (χ1) is 7.29. The first-order valence-electron chi connectivity index (χ1n) is 5.20. The van der Waals surface area contributed by atoms with Gasteiger partial charge in [-0.05, 0) is 6.92 Å². The van der Waals surface area contributed by atoms with E-state index in [2.05, 4.69) is 44.6 Å². The summed E-state index contributed by atoms with van der Waals surface area (Å²) in [6.07, 6.45) is 2.13. The summed E-state index contributed by atoms with van der Waals surface area (Å²) in [5, 5.41) is 3.88. The Balaban J connectivity index is 2.02. The molecule has 1 unspecified atom stereocenters. The molecule has 15 heavy (non-hydrogen) atoms. The molecule has 1 atom stereocenters. The predicted octanol–water partition coefficient (Wildman–Crippen LogP) is 2.08. The summed E-state index contributed by atoms with van der Waals surface area (Å²) in [4.78, 5) is 4.43. The minimum Gasteiger partial charge on any atom is -0.359 e. The van der Waals surface area contributed by atoms with Crippen LogP contribution in [0.25, 0.3) is 0 Å². The van der Waals surface area contributed by atoms with E-state index in [9.17, 15) is 0 Å². The number of hydrogen-bond acceptors (Lipinski definition) is 4. The Morgan fingerprint density at radius 2 is 2.47 bits per heavy atom. The van der Waals surface area contributed by atoms with Crippen molar-refractivity contribution in [1.29, 1.82) is 0 Å². The lowest BCUT2D eigenvalue weighted by molar-refractivity contribution is 0.701. The molecule has 0 aromatic carbocycles. The van der Waals surface area contributed by atoms with Crippen LogP contribution in [0, 0.1) is 6.92 Å². The number of aryl methyl sites for hydroxylation is 1. The van der Waals surface area contributed by atoms with E-state index in [0.717, 1.165) is 23.4 Å². The summed E-state index contributed by atoms with van der Waals surface area (Å²) >= 11 is 4.16. The Kier molecular flexibility index (Phi) is 3.86. The Labute approximate surface area is 99.4 Å². The van der Waals surface area contributed by atoms with Crippen LogP contribution in [-0.2, 0) is 6.54 Å². The van der Waals surface area contributed by atoms with Crippen molar-refractivity contribution in [3.05, 3.63) is 11.9 Å². The van der Waals surface area contributed by atoms with Crippen LogP contribution in [0.4, 0.5) is 5.95 Å². The fourth-order valence-electron chi connectivity index (χ4n) is 1.75. The molecule has 0 amide bonds. The van der Waals surface area contributed by atoms with Crippen molar-refractivity contribution in [2.45, 2.75) is 18.7 Å². The quantitative estimate of drug-likeness (QED) is 0.880. The van der Waals surface area contributed by atoms with Gasteiger partial charge >= 0.3 is 0 Å². The highest BCUT2D eigenvalue weighted by atomic mass is 32.2. The molecule has 0 bridgehead atoms. The van der Waals surface area contributed by atoms with Gasteiger partial charge in [0.15, 0.2) is 0 Å².